The first-order valence-corrected chi connectivity index (χ1v) is 5.88. The van der Waals surface area contributed by atoms with Crippen molar-refractivity contribution in [2.75, 3.05) is 31.4 Å². The Morgan fingerprint density at radius 3 is 2.78 bits per heavy atom. The van der Waals surface area contributed by atoms with Crippen LogP contribution in [0.25, 0.3) is 0 Å². The first-order chi connectivity index (χ1) is 8.60. The third kappa shape index (κ3) is 2.55. The van der Waals surface area contributed by atoms with Crippen LogP contribution in [0.5, 0.6) is 0 Å². The molecule has 3 N–H and O–H groups in total. The number of carbonyl (C=O) groups excluding carboxylic acids is 1. The number of hydrogen-bond donors (Lipinski definition) is 2. The molecule has 1 aromatic rings. The van der Waals surface area contributed by atoms with Crippen molar-refractivity contribution in [3.63, 3.8) is 0 Å². The van der Waals surface area contributed by atoms with Crippen molar-refractivity contribution in [3.05, 3.63) is 23.8 Å². The summed E-state index contributed by atoms with van der Waals surface area (Å²) in [7, 11) is 1.32. The fourth-order valence-corrected chi connectivity index (χ4v) is 1.79. The highest BCUT2D eigenvalue weighted by Crippen LogP contribution is 2.46. The van der Waals surface area contributed by atoms with Crippen molar-refractivity contribution >= 4 is 17.3 Å². The third-order valence-corrected chi connectivity index (χ3v) is 3.37. The van der Waals surface area contributed by atoms with Crippen LogP contribution in [0.2, 0.25) is 0 Å². The molecule has 0 aliphatic heterocycles. The van der Waals surface area contributed by atoms with Crippen molar-refractivity contribution in [2.24, 2.45) is 5.41 Å². The number of anilines is 2. The first kappa shape index (κ1) is 12.7. The fourth-order valence-electron chi connectivity index (χ4n) is 1.79. The molecular weight excluding hydrogens is 235 g/mol. The van der Waals surface area contributed by atoms with Crippen LogP contribution in [0.15, 0.2) is 18.2 Å². The number of benzene rings is 1. The Morgan fingerprint density at radius 2 is 2.28 bits per heavy atom. The van der Waals surface area contributed by atoms with Gasteiger partial charge < -0.3 is 15.8 Å². The van der Waals surface area contributed by atoms with E-state index in [-0.39, 0.29) is 12.1 Å². The molecule has 0 aromatic heterocycles. The van der Waals surface area contributed by atoms with E-state index in [1.807, 2.05) is 0 Å². The molecule has 0 atom stereocenters. The Balaban J connectivity index is 2.03. The summed E-state index contributed by atoms with van der Waals surface area (Å²) < 4.78 is 17.3. The standard InChI is InChI=1S/C13H17FN2O2/c1-18-12(17)9-2-3-11(10(15)6-9)16-8-13(7-14)4-5-13/h2-3,6,16H,4-5,7-8,15H2,1H3. The van der Waals surface area contributed by atoms with Gasteiger partial charge in [-0.05, 0) is 31.0 Å². The lowest BCUT2D eigenvalue weighted by atomic mass is 10.1. The number of ether oxygens (including phenoxy) is 1. The molecule has 0 spiro atoms. The van der Waals surface area contributed by atoms with Gasteiger partial charge in [0.25, 0.3) is 0 Å². The highest BCUT2D eigenvalue weighted by Gasteiger charge is 2.42. The summed E-state index contributed by atoms with van der Waals surface area (Å²) in [4.78, 5) is 11.3. The van der Waals surface area contributed by atoms with Gasteiger partial charge in [0.1, 0.15) is 0 Å². The van der Waals surface area contributed by atoms with Crippen LogP contribution in [0.4, 0.5) is 15.8 Å². The molecule has 5 heteroatoms. The van der Waals surface area contributed by atoms with E-state index in [0.29, 0.717) is 17.8 Å². The van der Waals surface area contributed by atoms with Crippen molar-refractivity contribution in [1.29, 1.82) is 0 Å². The predicted octanol–water partition coefficient (Wildman–Crippen LogP) is 2.22. The number of methoxy groups -OCH3 is 1. The SMILES string of the molecule is COC(=O)c1ccc(NCC2(CF)CC2)c(N)c1. The van der Waals surface area contributed by atoms with Crippen LogP contribution >= 0.6 is 0 Å². The molecule has 98 valence electrons. The van der Waals surface area contributed by atoms with Crippen LogP contribution in [-0.2, 0) is 4.74 Å². The highest BCUT2D eigenvalue weighted by atomic mass is 19.1. The lowest BCUT2D eigenvalue weighted by Gasteiger charge is -2.15. The number of nitrogen functional groups attached to an aromatic ring is 1. The summed E-state index contributed by atoms with van der Waals surface area (Å²) in [5, 5.41) is 3.13. The number of hydrogen-bond acceptors (Lipinski definition) is 4. The van der Waals surface area contributed by atoms with Crippen molar-refractivity contribution < 1.29 is 13.9 Å². The zero-order valence-corrected chi connectivity index (χ0v) is 10.3. The maximum atomic E-state index is 12.7. The van der Waals surface area contributed by atoms with E-state index in [4.69, 9.17) is 5.73 Å². The molecule has 0 bridgehead atoms. The molecule has 0 amide bonds. The zero-order chi connectivity index (χ0) is 13.2. The van der Waals surface area contributed by atoms with Gasteiger partial charge >= 0.3 is 5.97 Å². The fraction of sp³-hybridized carbons (Fsp3) is 0.462. The van der Waals surface area contributed by atoms with E-state index in [1.165, 1.54) is 7.11 Å². The molecule has 1 aliphatic carbocycles. The molecule has 4 nitrogen and oxygen atoms in total. The van der Waals surface area contributed by atoms with E-state index < -0.39 is 5.97 Å². The van der Waals surface area contributed by atoms with Gasteiger partial charge in [0.2, 0.25) is 0 Å². The van der Waals surface area contributed by atoms with Crippen molar-refractivity contribution in [1.82, 2.24) is 0 Å². The monoisotopic (exact) mass is 252 g/mol. The first-order valence-electron chi connectivity index (χ1n) is 5.88. The predicted molar refractivity (Wildman–Crippen MR) is 68.3 cm³/mol. The summed E-state index contributed by atoms with van der Waals surface area (Å²) in [6, 6.07) is 4.92. The number of rotatable bonds is 5. The van der Waals surface area contributed by atoms with Gasteiger partial charge in [0.05, 0.1) is 30.7 Å². The molecule has 1 fully saturated rings. The minimum Gasteiger partial charge on any atom is -0.465 e. The van der Waals surface area contributed by atoms with Crippen LogP contribution < -0.4 is 11.1 Å². The lowest BCUT2D eigenvalue weighted by molar-refractivity contribution is 0.0601. The zero-order valence-electron chi connectivity index (χ0n) is 10.3. The van der Waals surface area contributed by atoms with Crippen LogP contribution in [0.3, 0.4) is 0 Å². The summed E-state index contributed by atoms with van der Waals surface area (Å²) >= 11 is 0. The van der Waals surface area contributed by atoms with Crippen molar-refractivity contribution in [3.8, 4) is 0 Å². The smallest absolute Gasteiger partial charge is 0.337 e. The van der Waals surface area contributed by atoms with Gasteiger partial charge in [-0.25, -0.2) is 4.79 Å². The summed E-state index contributed by atoms with van der Waals surface area (Å²) in [5.41, 5.74) is 7.24. The van der Waals surface area contributed by atoms with E-state index in [2.05, 4.69) is 10.1 Å². The Kier molecular flexibility index (Phi) is 3.41. The van der Waals surface area contributed by atoms with Gasteiger partial charge in [-0.15, -0.1) is 0 Å². The van der Waals surface area contributed by atoms with Gasteiger partial charge in [0, 0.05) is 12.0 Å². The number of esters is 1. The minimum absolute atomic E-state index is 0.201. The molecule has 1 saturated carbocycles. The third-order valence-electron chi connectivity index (χ3n) is 3.37. The Hall–Kier alpha value is -1.78. The van der Waals surface area contributed by atoms with Gasteiger partial charge in [-0.3, -0.25) is 4.39 Å². The lowest BCUT2D eigenvalue weighted by Crippen LogP contribution is -2.18. The van der Waals surface area contributed by atoms with Gasteiger partial charge in [-0.2, -0.15) is 0 Å². The topological polar surface area (TPSA) is 64.3 Å². The van der Waals surface area contributed by atoms with E-state index in [0.717, 1.165) is 18.5 Å². The summed E-state index contributed by atoms with van der Waals surface area (Å²) in [6.45, 7) is 0.269. The molecule has 0 saturated heterocycles. The summed E-state index contributed by atoms with van der Waals surface area (Å²) in [5.74, 6) is -0.421. The molecule has 18 heavy (non-hydrogen) atoms. The van der Waals surface area contributed by atoms with Crippen LogP contribution in [0.1, 0.15) is 23.2 Å². The quantitative estimate of drug-likeness (QED) is 0.623. The maximum Gasteiger partial charge on any atom is 0.337 e. The highest BCUT2D eigenvalue weighted by molar-refractivity contribution is 5.91. The number of nitrogens with one attached hydrogen (secondary N) is 1. The number of alkyl halides is 1. The molecule has 0 unspecified atom stereocenters. The normalized spacial score (nSPS) is 16.1. The molecule has 1 aromatic carbocycles. The second kappa shape index (κ2) is 4.84. The second-order valence-electron chi connectivity index (χ2n) is 4.78. The Bertz CT molecular complexity index is 458. The molecular formula is C13H17FN2O2. The number of nitrogens with two attached hydrogens (primary N) is 1. The number of carbonyl (C=O) groups is 1. The average molecular weight is 252 g/mol. The molecule has 0 heterocycles. The van der Waals surface area contributed by atoms with E-state index in [9.17, 15) is 9.18 Å². The average Bonchev–Trinajstić information content (AvgIpc) is 3.17. The van der Waals surface area contributed by atoms with Crippen LogP contribution in [0, 0.1) is 5.41 Å². The molecule has 1 aliphatic rings. The largest absolute Gasteiger partial charge is 0.465 e. The maximum absolute atomic E-state index is 12.7. The molecule has 2 rings (SSSR count). The summed E-state index contributed by atoms with van der Waals surface area (Å²) in [6.07, 6.45) is 1.83. The Labute approximate surface area is 105 Å². The molecule has 0 radical (unpaired) electrons. The van der Waals surface area contributed by atoms with E-state index in [1.54, 1.807) is 18.2 Å². The van der Waals surface area contributed by atoms with E-state index >= 15 is 0 Å². The Morgan fingerprint density at radius 1 is 1.56 bits per heavy atom. The van der Waals surface area contributed by atoms with Crippen molar-refractivity contribution in [2.45, 2.75) is 12.8 Å². The second-order valence-corrected chi connectivity index (χ2v) is 4.78. The minimum atomic E-state index is -0.421. The number of halogens is 1. The van der Waals surface area contributed by atoms with Crippen LogP contribution in [-0.4, -0.2) is 26.3 Å². The van der Waals surface area contributed by atoms with Gasteiger partial charge in [-0.1, -0.05) is 0 Å². The van der Waals surface area contributed by atoms with Gasteiger partial charge in [0.15, 0.2) is 0 Å².